The Balaban J connectivity index is 0.000000970. The van der Waals surface area contributed by atoms with Crippen molar-refractivity contribution in [1.82, 2.24) is 4.98 Å². The number of rotatable bonds is 7. The number of hydrogen-bond acceptors (Lipinski definition) is 7. The van der Waals surface area contributed by atoms with Crippen molar-refractivity contribution < 1.29 is 19.6 Å². The fourth-order valence-electron chi connectivity index (χ4n) is 3.05. The van der Waals surface area contributed by atoms with Crippen LogP contribution in [-0.2, 0) is 9.59 Å². The van der Waals surface area contributed by atoms with Crippen LogP contribution in [0.25, 0.3) is 0 Å². The van der Waals surface area contributed by atoms with Gasteiger partial charge in [-0.2, -0.15) is 9.59 Å². The predicted molar refractivity (Wildman–Crippen MR) is 96.0 cm³/mol. The number of carbonyl (C=O) groups excluding carboxylic acids is 2. The second-order valence-corrected chi connectivity index (χ2v) is 6.61. The minimum Gasteiger partial charge on any atom is -0.427 e. The molecule has 2 heterocycles. The third-order valence-electron chi connectivity index (χ3n) is 4.43. The van der Waals surface area contributed by atoms with E-state index in [-0.39, 0.29) is 12.2 Å². The van der Waals surface area contributed by atoms with Crippen LogP contribution in [0.1, 0.15) is 32.1 Å². The number of anilines is 1. The fraction of sp³-hybridized carbons (Fsp3) is 0.625. The SMILES string of the molecule is NC(CCCCB(O)O)C1CCN(c2ccc(Cl)cn2)CC1.O=C=O. The molecule has 0 aromatic carbocycles. The van der Waals surface area contributed by atoms with Crippen molar-refractivity contribution in [3.8, 4) is 0 Å². The lowest BCUT2D eigenvalue weighted by Gasteiger charge is -2.35. The van der Waals surface area contributed by atoms with Gasteiger partial charge >= 0.3 is 13.3 Å². The molecule has 0 aliphatic carbocycles. The summed E-state index contributed by atoms with van der Waals surface area (Å²) < 4.78 is 0. The molecule has 0 spiro atoms. The topological polar surface area (TPSA) is 117 Å². The molecule has 0 bridgehead atoms. The Morgan fingerprint density at radius 1 is 1.32 bits per heavy atom. The van der Waals surface area contributed by atoms with Crippen molar-refractivity contribution in [1.29, 1.82) is 0 Å². The second kappa shape index (κ2) is 12.0. The summed E-state index contributed by atoms with van der Waals surface area (Å²) in [5.74, 6) is 1.52. The van der Waals surface area contributed by atoms with Gasteiger partial charge in [0.25, 0.3) is 0 Å². The molecule has 0 amide bonds. The highest BCUT2D eigenvalue weighted by atomic mass is 35.5. The maximum atomic E-state index is 8.83. The third-order valence-corrected chi connectivity index (χ3v) is 4.65. The molecule has 1 aromatic heterocycles. The Kier molecular flexibility index (Phi) is 10.4. The standard InChI is InChI=1S/C15H25BClN3O2.CO2/c17-13-4-5-15(19-11-13)20-9-6-12(7-10-20)14(18)3-1-2-8-16(21)22;2-1-3/h4-5,11-12,14,21-22H,1-3,6-10,18H2;. The number of aromatic nitrogens is 1. The van der Waals surface area contributed by atoms with E-state index in [0.29, 0.717) is 17.3 Å². The molecule has 1 atom stereocenters. The van der Waals surface area contributed by atoms with Crippen molar-refractivity contribution >= 4 is 30.7 Å². The first kappa shape index (κ1) is 21.6. The van der Waals surface area contributed by atoms with Crippen LogP contribution in [0.15, 0.2) is 18.3 Å². The number of hydrogen-bond donors (Lipinski definition) is 3. The second-order valence-electron chi connectivity index (χ2n) is 6.17. The number of pyridine rings is 1. The molecule has 1 aliphatic rings. The van der Waals surface area contributed by atoms with E-state index in [1.165, 1.54) is 0 Å². The highest BCUT2D eigenvalue weighted by Crippen LogP contribution is 2.26. The van der Waals surface area contributed by atoms with Crippen LogP contribution in [0.3, 0.4) is 0 Å². The summed E-state index contributed by atoms with van der Waals surface area (Å²) in [5, 5.41) is 18.3. The largest absolute Gasteiger partial charge is 0.451 e. The minimum atomic E-state index is -1.19. The summed E-state index contributed by atoms with van der Waals surface area (Å²) in [4.78, 5) is 22.9. The summed E-state index contributed by atoms with van der Waals surface area (Å²) in [6.45, 7) is 1.95. The molecule has 1 aliphatic heterocycles. The molecule has 1 saturated heterocycles. The average Bonchev–Trinajstić information content (AvgIpc) is 2.60. The summed E-state index contributed by atoms with van der Waals surface area (Å²) in [6.07, 6.45) is 7.26. The molecule has 0 saturated carbocycles. The molecule has 1 unspecified atom stereocenters. The number of nitrogens with two attached hydrogens (primary N) is 1. The zero-order valence-corrected chi connectivity index (χ0v) is 14.9. The quantitative estimate of drug-likeness (QED) is 0.490. The smallest absolute Gasteiger partial charge is 0.427 e. The van der Waals surface area contributed by atoms with Crippen LogP contribution in [0, 0.1) is 5.92 Å². The molecule has 0 radical (unpaired) electrons. The normalized spacial score (nSPS) is 15.8. The minimum absolute atomic E-state index is 0.205. The maximum absolute atomic E-state index is 8.83. The van der Waals surface area contributed by atoms with Crippen LogP contribution in [-0.4, -0.2) is 47.4 Å². The van der Waals surface area contributed by atoms with E-state index >= 15 is 0 Å². The Labute approximate surface area is 153 Å². The first-order chi connectivity index (χ1) is 12.0. The van der Waals surface area contributed by atoms with Gasteiger partial charge in [-0.15, -0.1) is 0 Å². The molecule has 2 rings (SSSR count). The number of nitrogens with zero attached hydrogens (tertiary/aromatic N) is 2. The first-order valence-electron chi connectivity index (χ1n) is 8.45. The molecule has 1 aromatic rings. The average molecular weight is 370 g/mol. The predicted octanol–water partition coefficient (Wildman–Crippen LogP) is 1.34. The van der Waals surface area contributed by atoms with Crippen LogP contribution in [0.2, 0.25) is 11.3 Å². The molecule has 7 nitrogen and oxygen atoms in total. The van der Waals surface area contributed by atoms with E-state index in [9.17, 15) is 0 Å². The Hall–Kier alpha value is -1.44. The Bertz CT molecular complexity index is 519. The highest BCUT2D eigenvalue weighted by Gasteiger charge is 2.24. The van der Waals surface area contributed by atoms with Gasteiger partial charge in [0.05, 0.1) is 5.02 Å². The first-order valence-corrected chi connectivity index (χ1v) is 8.83. The Morgan fingerprint density at radius 2 is 1.96 bits per heavy atom. The highest BCUT2D eigenvalue weighted by molar-refractivity contribution is 6.40. The van der Waals surface area contributed by atoms with Crippen molar-refractivity contribution in [2.24, 2.45) is 11.7 Å². The van der Waals surface area contributed by atoms with Crippen molar-refractivity contribution in [2.75, 3.05) is 18.0 Å². The van der Waals surface area contributed by atoms with Crippen molar-refractivity contribution in [3.63, 3.8) is 0 Å². The lowest BCUT2D eigenvalue weighted by molar-refractivity contribution is -0.191. The fourth-order valence-corrected chi connectivity index (χ4v) is 3.17. The summed E-state index contributed by atoms with van der Waals surface area (Å²) in [7, 11) is -1.19. The summed E-state index contributed by atoms with van der Waals surface area (Å²) >= 11 is 5.87. The number of piperidine rings is 1. The lowest BCUT2D eigenvalue weighted by atomic mass is 9.82. The van der Waals surface area contributed by atoms with Gasteiger partial charge in [-0.1, -0.05) is 24.4 Å². The number of unbranched alkanes of at least 4 members (excludes halogenated alkanes) is 1. The van der Waals surface area contributed by atoms with E-state index in [1.807, 2.05) is 12.1 Å². The molecule has 9 heteroatoms. The molecule has 138 valence electrons. The monoisotopic (exact) mass is 369 g/mol. The van der Waals surface area contributed by atoms with Gasteiger partial charge in [-0.25, -0.2) is 4.98 Å². The van der Waals surface area contributed by atoms with Crippen molar-refractivity contribution in [2.45, 2.75) is 44.5 Å². The van der Waals surface area contributed by atoms with E-state index < -0.39 is 7.12 Å². The van der Waals surface area contributed by atoms with Gasteiger partial charge in [0.2, 0.25) is 0 Å². The van der Waals surface area contributed by atoms with E-state index in [0.717, 1.165) is 51.0 Å². The molecular weight excluding hydrogens is 344 g/mol. The van der Waals surface area contributed by atoms with Crippen LogP contribution in [0.5, 0.6) is 0 Å². The number of halogens is 1. The van der Waals surface area contributed by atoms with E-state index in [4.69, 9.17) is 37.0 Å². The molecule has 1 fully saturated rings. The third kappa shape index (κ3) is 8.47. The van der Waals surface area contributed by atoms with Gasteiger partial charge in [0.1, 0.15) is 5.82 Å². The van der Waals surface area contributed by atoms with Crippen molar-refractivity contribution in [3.05, 3.63) is 23.4 Å². The van der Waals surface area contributed by atoms with E-state index in [1.54, 1.807) is 6.20 Å². The zero-order valence-electron chi connectivity index (χ0n) is 14.2. The zero-order chi connectivity index (χ0) is 18.7. The van der Waals surface area contributed by atoms with Crippen LogP contribution < -0.4 is 10.6 Å². The maximum Gasteiger partial charge on any atom is 0.451 e. The van der Waals surface area contributed by atoms with Crippen LogP contribution in [0.4, 0.5) is 5.82 Å². The van der Waals surface area contributed by atoms with E-state index in [2.05, 4.69) is 9.88 Å². The summed E-state index contributed by atoms with van der Waals surface area (Å²) in [6, 6.07) is 4.04. The lowest BCUT2D eigenvalue weighted by Crippen LogP contribution is -2.41. The van der Waals surface area contributed by atoms with Gasteiger partial charge in [0, 0.05) is 25.3 Å². The van der Waals surface area contributed by atoms with Gasteiger partial charge in [-0.3, -0.25) is 0 Å². The Morgan fingerprint density at radius 3 is 2.48 bits per heavy atom. The van der Waals surface area contributed by atoms with Gasteiger partial charge in [0.15, 0.2) is 0 Å². The molecule has 4 N–H and O–H groups in total. The summed E-state index contributed by atoms with van der Waals surface area (Å²) in [5.41, 5.74) is 6.29. The van der Waals surface area contributed by atoms with Crippen LogP contribution >= 0.6 is 11.6 Å². The molecular formula is C16H25BClN3O4. The van der Waals surface area contributed by atoms with Gasteiger partial charge in [-0.05, 0) is 43.6 Å². The van der Waals surface area contributed by atoms with Gasteiger partial charge < -0.3 is 20.7 Å². The molecule has 25 heavy (non-hydrogen) atoms.